The summed E-state index contributed by atoms with van der Waals surface area (Å²) in [6.07, 6.45) is 8.85. The maximum Gasteiger partial charge on any atom is 0.250 e. The number of amides is 1. The Kier molecular flexibility index (Phi) is 5.11. The molecule has 1 aliphatic heterocycles. The van der Waals surface area contributed by atoms with Gasteiger partial charge in [0.05, 0.1) is 5.56 Å². The van der Waals surface area contributed by atoms with Gasteiger partial charge in [0, 0.05) is 24.0 Å². The molecule has 1 aromatic heterocycles. The molecule has 2 aromatic rings. The van der Waals surface area contributed by atoms with Gasteiger partial charge in [0.15, 0.2) is 0 Å². The number of phenolic OH excluding ortho intramolecular Hbond substituents is 1. The second kappa shape index (κ2) is 7.45. The summed E-state index contributed by atoms with van der Waals surface area (Å²) in [6.45, 7) is 1.10. The molecule has 0 saturated carbocycles. The minimum Gasteiger partial charge on any atom is -0.508 e. The number of aromatic nitrogens is 1. The number of hydrogen-bond acceptors (Lipinski definition) is 4. The topological polar surface area (TPSA) is 88.2 Å². The SMILES string of the molecule is NC(=O)c1cncc(-c2cc(O)cc(CCC3CCCCN3)c2)c1. The van der Waals surface area contributed by atoms with Gasteiger partial charge < -0.3 is 16.2 Å². The average molecular weight is 325 g/mol. The molecule has 5 nitrogen and oxygen atoms in total. The molecule has 1 aliphatic rings. The third kappa shape index (κ3) is 4.11. The molecule has 1 unspecified atom stereocenters. The smallest absolute Gasteiger partial charge is 0.250 e. The quantitative estimate of drug-likeness (QED) is 0.788. The molecule has 1 aromatic carbocycles. The summed E-state index contributed by atoms with van der Waals surface area (Å²) in [7, 11) is 0. The molecule has 5 heteroatoms. The first-order valence-corrected chi connectivity index (χ1v) is 8.43. The van der Waals surface area contributed by atoms with Crippen LogP contribution < -0.4 is 11.1 Å². The number of hydrogen-bond donors (Lipinski definition) is 3. The van der Waals surface area contributed by atoms with E-state index in [9.17, 15) is 9.90 Å². The Morgan fingerprint density at radius 1 is 1.21 bits per heavy atom. The zero-order chi connectivity index (χ0) is 16.9. The normalized spacial score (nSPS) is 17.6. The predicted octanol–water partition coefficient (Wildman–Crippen LogP) is 2.63. The van der Waals surface area contributed by atoms with E-state index in [4.69, 9.17) is 5.73 Å². The van der Waals surface area contributed by atoms with Crippen molar-refractivity contribution in [3.05, 3.63) is 47.8 Å². The number of aryl methyl sites for hydroxylation is 1. The Labute approximate surface area is 141 Å². The summed E-state index contributed by atoms with van der Waals surface area (Å²) in [5, 5.41) is 13.6. The van der Waals surface area contributed by atoms with Crippen LogP contribution in [0, 0.1) is 0 Å². The fourth-order valence-corrected chi connectivity index (χ4v) is 3.23. The lowest BCUT2D eigenvalue weighted by Crippen LogP contribution is -2.34. The van der Waals surface area contributed by atoms with Gasteiger partial charge in [-0.2, -0.15) is 0 Å². The molecule has 1 amide bonds. The highest BCUT2D eigenvalue weighted by atomic mass is 16.3. The molecule has 3 rings (SSSR count). The maximum atomic E-state index is 11.3. The minimum absolute atomic E-state index is 0.226. The molecule has 0 radical (unpaired) electrons. The van der Waals surface area contributed by atoms with Crippen molar-refractivity contribution >= 4 is 5.91 Å². The molecule has 1 fully saturated rings. The Morgan fingerprint density at radius 2 is 2.08 bits per heavy atom. The summed E-state index contributed by atoms with van der Waals surface area (Å²) in [5.74, 6) is -0.281. The van der Waals surface area contributed by atoms with Gasteiger partial charge in [-0.25, -0.2) is 0 Å². The van der Waals surface area contributed by atoms with Crippen molar-refractivity contribution < 1.29 is 9.90 Å². The van der Waals surface area contributed by atoms with Crippen LogP contribution in [0.15, 0.2) is 36.7 Å². The van der Waals surface area contributed by atoms with Crippen LogP contribution in [0.25, 0.3) is 11.1 Å². The number of carbonyl (C=O) groups is 1. The summed E-state index contributed by atoms with van der Waals surface area (Å²) in [6, 6.07) is 7.80. The number of nitrogens with zero attached hydrogens (tertiary/aromatic N) is 1. The van der Waals surface area contributed by atoms with E-state index in [-0.39, 0.29) is 5.75 Å². The molecule has 2 heterocycles. The Balaban J connectivity index is 1.78. The monoisotopic (exact) mass is 325 g/mol. The van der Waals surface area contributed by atoms with E-state index in [0.717, 1.165) is 36.1 Å². The molecule has 1 atom stereocenters. The summed E-state index contributed by atoms with van der Waals surface area (Å²) in [5.41, 5.74) is 8.39. The van der Waals surface area contributed by atoms with E-state index in [2.05, 4.69) is 10.3 Å². The van der Waals surface area contributed by atoms with Crippen LogP contribution in [0.3, 0.4) is 0 Å². The number of nitrogens with one attached hydrogen (secondary N) is 1. The Bertz CT molecular complexity index is 724. The first-order chi connectivity index (χ1) is 11.6. The van der Waals surface area contributed by atoms with Crippen LogP contribution in [-0.4, -0.2) is 28.6 Å². The van der Waals surface area contributed by atoms with E-state index in [0.29, 0.717) is 11.6 Å². The molecular formula is C19H23N3O2. The van der Waals surface area contributed by atoms with Gasteiger partial charge in [0.1, 0.15) is 5.75 Å². The third-order valence-electron chi connectivity index (χ3n) is 4.53. The van der Waals surface area contributed by atoms with Crippen molar-refractivity contribution in [1.29, 1.82) is 0 Å². The van der Waals surface area contributed by atoms with E-state index < -0.39 is 5.91 Å². The van der Waals surface area contributed by atoms with Gasteiger partial charge in [0.25, 0.3) is 0 Å². The Hall–Kier alpha value is -2.40. The van der Waals surface area contributed by atoms with Crippen LogP contribution in [-0.2, 0) is 6.42 Å². The summed E-state index contributed by atoms with van der Waals surface area (Å²) in [4.78, 5) is 15.4. The molecule has 0 spiro atoms. The van der Waals surface area contributed by atoms with Crippen LogP contribution in [0.5, 0.6) is 5.75 Å². The molecule has 24 heavy (non-hydrogen) atoms. The average Bonchev–Trinajstić information content (AvgIpc) is 2.60. The van der Waals surface area contributed by atoms with Gasteiger partial charge >= 0.3 is 0 Å². The first kappa shape index (κ1) is 16.5. The highest BCUT2D eigenvalue weighted by Gasteiger charge is 2.13. The second-order valence-electron chi connectivity index (χ2n) is 6.40. The molecule has 0 aliphatic carbocycles. The summed E-state index contributed by atoms with van der Waals surface area (Å²) >= 11 is 0. The third-order valence-corrected chi connectivity index (χ3v) is 4.53. The number of piperidine rings is 1. The zero-order valence-corrected chi connectivity index (χ0v) is 13.7. The summed E-state index contributed by atoms with van der Waals surface area (Å²) < 4.78 is 0. The zero-order valence-electron chi connectivity index (χ0n) is 13.7. The fraction of sp³-hybridized carbons (Fsp3) is 0.368. The van der Waals surface area contributed by atoms with Crippen molar-refractivity contribution in [1.82, 2.24) is 10.3 Å². The highest BCUT2D eigenvalue weighted by Crippen LogP contribution is 2.27. The maximum absolute atomic E-state index is 11.3. The van der Waals surface area contributed by atoms with Crippen LogP contribution in [0.1, 0.15) is 41.6 Å². The largest absolute Gasteiger partial charge is 0.508 e. The number of primary amides is 1. The molecule has 0 bridgehead atoms. The standard InChI is InChI=1S/C19H23N3O2/c20-19(24)16-9-15(11-21-12-16)14-7-13(8-18(23)10-14)4-5-17-3-1-2-6-22-17/h7-12,17,22-23H,1-6H2,(H2,20,24). The highest BCUT2D eigenvalue weighted by molar-refractivity contribution is 5.93. The van der Waals surface area contributed by atoms with Gasteiger partial charge in [-0.1, -0.05) is 12.5 Å². The van der Waals surface area contributed by atoms with E-state index in [1.807, 2.05) is 6.07 Å². The number of pyridine rings is 1. The fourth-order valence-electron chi connectivity index (χ4n) is 3.23. The molecular weight excluding hydrogens is 302 g/mol. The number of aromatic hydroxyl groups is 1. The molecule has 4 N–H and O–H groups in total. The van der Waals surface area contributed by atoms with E-state index in [1.54, 1.807) is 24.4 Å². The lowest BCUT2D eigenvalue weighted by Gasteiger charge is -2.23. The second-order valence-corrected chi connectivity index (χ2v) is 6.40. The van der Waals surface area contributed by atoms with Gasteiger partial charge in [0.2, 0.25) is 5.91 Å². The van der Waals surface area contributed by atoms with E-state index in [1.165, 1.54) is 25.5 Å². The van der Waals surface area contributed by atoms with Gasteiger partial charge in [-0.3, -0.25) is 9.78 Å². The van der Waals surface area contributed by atoms with Crippen molar-refractivity contribution in [3.8, 4) is 16.9 Å². The van der Waals surface area contributed by atoms with Crippen LogP contribution in [0.4, 0.5) is 0 Å². The van der Waals surface area contributed by atoms with Gasteiger partial charge in [-0.15, -0.1) is 0 Å². The van der Waals surface area contributed by atoms with Crippen LogP contribution in [0.2, 0.25) is 0 Å². The molecule has 126 valence electrons. The number of carbonyl (C=O) groups excluding carboxylic acids is 1. The van der Waals surface area contributed by atoms with Crippen LogP contribution >= 0.6 is 0 Å². The Morgan fingerprint density at radius 3 is 2.83 bits per heavy atom. The predicted molar refractivity (Wildman–Crippen MR) is 93.8 cm³/mol. The van der Waals surface area contributed by atoms with Crippen molar-refractivity contribution in [2.75, 3.05) is 6.54 Å². The minimum atomic E-state index is -0.506. The van der Waals surface area contributed by atoms with Crippen molar-refractivity contribution in [3.63, 3.8) is 0 Å². The number of rotatable bonds is 5. The van der Waals surface area contributed by atoms with Crippen molar-refractivity contribution in [2.24, 2.45) is 5.73 Å². The van der Waals surface area contributed by atoms with Gasteiger partial charge in [-0.05, 0) is 61.6 Å². The number of benzene rings is 1. The van der Waals surface area contributed by atoms with Crippen molar-refractivity contribution in [2.45, 2.75) is 38.1 Å². The first-order valence-electron chi connectivity index (χ1n) is 8.43. The number of nitrogens with two attached hydrogens (primary N) is 1. The lowest BCUT2D eigenvalue weighted by molar-refractivity contribution is 0.1000. The van der Waals surface area contributed by atoms with E-state index >= 15 is 0 Å². The molecule has 1 saturated heterocycles. The lowest BCUT2D eigenvalue weighted by atomic mass is 9.96. The number of phenols is 1.